The smallest absolute Gasteiger partial charge is 0.295 e. The molecule has 0 radical (unpaired) electrons. The van der Waals surface area contributed by atoms with E-state index in [0.29, 0.717) is 0 Å². The van der Waals surface area contributed by atoms with E-state index in [1.807, 2.05) is 0 Å². The molecule has 11 heteroatoms. The van der Waals surface area contributed by atoms with Gasteiger partial charge in [-0.25, -0.2) is 12.8 Å². The number of anilines is 1. The quantitative estimate of drug-likeness (QED) is 0.410. The predicted molar refractivity (Wildman–Crippen MR) is 118 cm³/mol. The molecular formula is C22H14ClFN2O6S. The fourth-order valence-corrected chi connectivity index (χ4v) is 5.30. The third-order valence-electron chi connectivity index (χ3n) is 5.10. The maximum absolute atomic E-state index is 13.6. The molecule has 0 saturated heterocycles. The van der Waals surface area contributed by atoms with Crippen LogP contribution < -0.4 is 4.90 Å². The van der Waals surface area contributed by atoms with Gasteiger partial charge in [0.15, 0.2) is 5.76 Å². The number of halogens is 2. The number of nitro benzene ring substituents is 1. The fourth-order valence-electron chi connectivity index (χ4n) is 3.55. The van der Waals surface area contributed by atoms with Gasteiger partial charge in [0.2, 0.25) is 9.84 Å². The molecular weight excluding hydrogens is 475 g/mol. The molecule has 3 aromatic rings. The molecule has 1 heterocycles. The Hall–Kier alpha value is -3.76. The number of carbonyl (C=O) groups excluding carboxylic acids is 1. The molecule has 0 bridgehead atoms. The Morgan fingerprint density at radius 3 is 2.09 bits per heavy atom. The van der Waals surface area contributed by atoms with Crippen LogP contribution in [-0.2, 0) is 14.6 Å². The van der Waals surface area contributed by atoms with Gasteiger partial charge in [-0.1, -0.05) is 23.7 Å². The van der Waals surface area contributed by atoms with E-state index in [1.54, 1.807) is 0 Å². The van der Waals surface area contributed by atoms with Crippen LogP contribution in [0.2, 0.25) is 5.02 Å². The van der Waals surface area contributed by atoms with E-state index in [2.05, 4.69) is 0 Å². The molecule has 33 heavy (non-hydrogen) atoms. The number of rotatable bonds is 5. The highest BCUT2D eigenvalue weighted by Gasteiger charge is 2.47. The van der Waals surface area contributed by atoms with E-state index < -0.39 is 43.2 Å². The predicted octanol–water partition coefficient (Wildman–Crippen LogP) is 4.72. The van der Waals surface area contributed by atoms with Crippen molar-refractivity contribution < 1.29 is 27.6 Å². The summed E-state index contributed by atoms with van der Waals surface area (Å²) in [5.74, 6) is -2.61. The summed E-state index contributed by atoms with van der Waals surface area (Å²) in [5, 5.41) is 21.9. The van der Waals surface area contributed by atoms with Gasteiger partial charge < -0.3 is 5.11 Å². The number of hydrogen-bond acceptors (Lipinski definition) is 6. The van der Waals surface area contributed by atoms with Gasteiger partial charge in [0, 0.05) is 22.8 Å². The van der Waals surface area contributed by atoms with Gasteiger partial charge in [-0.2, -0.15) is 0 Å². The first-order valence-electron chi connectivity index (χ1n) is 9.38. The maximum Gasteiger partial charge on any atom is 0.295 e. The molecule has 1 N–H and O–H groups in total. The molecule has 1 amide bonds. The molecule has 1 aliphatic rings. The number of nitro groups is 1. The average molecular weight is 489 g/mol. The Morgan fingerprint density at radius 1 is 0.970 bits per heavy atom. The van der Waals surface area contributed by atoms with Crippen molar-refractivity contribution in [1.82, 2.24) is 0 Å². The summed E-state index contributed by atoms with van der Waals surface area (Å²) in [5.41, 5.74) is 0.0717. The summed E-state index contributed by atoms with van der Waals surface area (Å²) in [7, 11) is -4.40. The van der Waals surface area contributed by atoms with Crippen molar-refractivity contribution >= 4 is 38.7 Å². The van der Waals surface area contributed by atoms with Crippen molar-refractivity contribution in [3.8, 4) is 0 Å². The molecule has 0 saturated carbocycles. The standard InChI is InChI=1S/C22H14ClFN2O6S/c23-14-3-11-18(12-4-14)33(31,32)21-19(13-1-5-15(24)6-2-13)25(22(28)20(21)27)16-7-9-17(10-8-16)26(29)30/h1-12,19,27H. The summed E-state index contributed by atoms with van der Waals surface area (Å²) in [6.45, 7) is 0. The number of carbonyl (C=O) groups is 1. The van der Waals surface area contributed by atoms with Crippen molar-refractivity contribution in [3.63, 3.8) is 0 Å². The first-order valence-corrected chi connectivity index (χ1v) is 11.2. The highest BCUT2D eigenvalue weighted by Crippen LogP contribution is 2.45. The zero-order valence-corrected chi connectivity index (χ0v) is 18.1. The van der Waals surface area contributed by atoms with Crippen LogP contribution in [0.15, 0.2) is 88.4 Å². The summed E-state index contributed by atoms with van der Waals surface area (Å²) in [6, 6.07) is 13.4. The molecule has 1 aliphatic heterocycles. The second kappa shape index (κ2) is 8.30. The molecule has 168 valence electrons. The van der Waals surface area contributed by atoms with Crippen molar-refractivity contribution in [2.75, 3.05) is 4.90 Å². The van der Waals surface area contributed by atoms with Gasteiger partial charge in [-0.3, -0.25) is 19.8 Å². The molecule has 0 aliphatic carbocycles. The van der Waals surface area contributed by atoms with Crippen LogP contribution >= 0.6 is 11.6 Å². The molecule has 4 rings (SSSR count). The lowest BCUT2D eigenvalue weighted by Gasteiger charge is -2.27. The minimum absolute atomic E-state index is 0.104. The van der Waals surface area contributed by atoms with E-state index in [1.165, 1.54) is 48.5 Å². The number of non-ortho nitro benzene ring substituents is 1. The number of aliphatic hydroxyl groups is 1. The van der Waals surface area contributed by atoms with E-state index in [9.17, 15) is 32.8 Å². The number of nitrogens with zero attached hydrogens (tertiary/aromatic N) is 2. The summed E-state index contributed by atoms with van der Waals surface area (Å²) in [4.78, 5) is 23.6. The number of sulfone groups is 1. The van der Waals surface area contributed by atoms with Gasteiger partial charge in [0.1, 0.15) is 16.8 Å². The van der Waals surface area contributed by atoms with Gasteiger partial charge in [-0.15, -0.1) is 0 Å². The lowest BCUT2D eigenvalue weighted by molar-refractivity contribution is -0.384. The van der Waals surface area contributed by atoms with E-state index >= 15 is 0 Å². The molecule has 0 aromatic heterocycles. The van der Waals surface area contributed by atoms with Crippen molar-refractivity contribution in [1.29, 1.82) is 0 Å². The van der Waals surface area contributed by atoms with Crippen molar-refractivity contribution in [3.05, 3.63) is 110 Å². The minimum atomic E-state index is -4.40. The van der Waals surface area contributed by atoms with E-state index in [4.69, 9.17) is 11.6 Å². The summed E-state index contributed by atoms with van der Waals surface area (Å²) < 4.78 is 40.5. The number of amides is 1. The van der Waals surface area contributed by atoms with Crippen LogP contribution in [-0.4, -0.2) is 24.4 Å². The van der Waals surface area contributed by atoms with Gasteiger partial charge in [0.25, 0.3) is 11.6 Å². The van der Waals surface area contributed by atoms with Gasteiger partial charge in [-0.05, 0) is 54.1 Å². The number of hydrogen-bond donors (Lipinski definition) is 1. The first kappa shape index (κ1) is 22.4. The maximum atomic E-state index is 13.6. The lowest BCUT2D eigenvalue weighted by Crippen LogP contribution is -2.31. The third-order valence-corrected chi connectivity index (χ3v) is 7.24. The Morgan fingerprint density at radius 2 is 1.55 bits per heavy atom. The summed E-state index contributed by atoms with van der Waals surface area (Å²) in [6.07, 6.45) is 0. The highest BCUT2D eigenvalue weighted by atomic mass is 35.5. The SMILES string of the molecule is O=C1C(O)=C(S(=O)(=O)c2ccc(Cl)cc2)C(c2ccc(F)cc2)N1c1ccc([N+](=O)[O-])cc1. The second-order valence-corrected chi connectivity index (χ2v) is 9.43. The Bertz CT molecular complexity index is 1390. The average Bonchev–Trinajstić information content (AvgIpc) is 3.06. The molecule has 1 unspecified atom stereocenters. The fraction of sp³-hybridized carbons (Fsp3) is 0.0455. The molecule has 8 nitrogen and oxygen atoms in total. The zero-order chi connectivity index (χ0) is 23.9. The van der Waals surface area contributed by atoms with Crippen LogP contribution in [0.25, 0.3) is 0 Å². The Labute approximate surface area is 192 Å². The van der Waals surface area contributed by atoms with Gasteiger partial charge in [0.05, 0.1) is 9.82 Å². The lowest BCUT2D eigenvalue weighted by atomic mass is 10.1. The molecule has 0 spiro atoms. The van der Waals surface area contributed by atoms with Crippen LogP contribution in [0.3, 0.4) is 0 Å². The van der Waals surface area contributed by atoms with Gasteiger partial charge >= 0.3 is 0 Å². The zero-order valence-electron chi connectivity index (χ0n) is 16.6. The van der Waals surface area contributed by atoms with Crippen molar-refractivity contribution in [2.45, 2.75) is 10.9 Å². The Balaban J connectivity index is 1.91. The molecule has 1 atom stereocenters. The van der Waals surface area contributed by atoms with E-state index in [0.717, 1.165) is 29.2 Å². The molecule has 0 fully saturated rings. The van der Waals surface area contributed by atoms with E-state index in [-0.39, 0.29) is 26.9 Å². The largest absolute Gasteiger partial charge is 0.502 e. The summed E-state index contributed by atoms with van der Waals surface area (Å²) >= 11 is 5.85. The monoisotopic (exact) mass is 488 g/mol. The number of aliphatic hydroxyl groups excluding tert-OH is 1. The molecule has 3 aromatic carbocycles. The topological polar surface area (TPSA) is 118 Å². The Kier molecular flexibility index (Phi) is 5.64. The minimum Gasteiger partial charge on any atom is -0.502 e. The van der Waals surface area contributed by atoms with Crippen LogP contribution in [0.5, 0.6) is 0 Å². The van der Waals surface area contributed by atoms with Crippen LogP contribution in [0, 0.1) is 15.9 Å². The third kappa shape index (κ3) is 3.94. The highest BCUT2D eigenvalue weighted by molar-refractivity contribution is 7.95. The van der Waals surface area contributed by atoms with Crippen LogP contribution in [0.1, 0.15) is 11.6 Å². The number of benzene rings is 3. The second-order valence-electron chi connectivity index (χ2n) is 7.07. The normalized spacial score (nSPS) is 16.4. The van der Waals surface area contributed by atoms with Crippen LogP contribution in [0.4, 0.5) is 15.8 Å². The first-order chi connectivity index (χ1) is 15.6. The van der Waals surface area contributed by atoms with Crippen molar-refractivity contribution in [2.24, 2.45) is 0 Å².